The van der Waals surface area contributed by atoms with Gasteiger partial charge in [0.05, 0.1) is 17.7 Å². The summed E-state index contributed by atoms with van der Waals surface area (Å²) < 4.78 is 26.2. The van der Waals surface area contributed by atoms with Crippen molar-refractivity contribution in [3.8, 4) is 12.1 Å². The molecule has 0 aromatic heterocycles. The van der Waals surface area contributed by atoms with E-state index in [0.29, 0.717) is 0 Å². The van der Waals surface area contributed by atoms with Gasteiger partial charge in [-0.15, -0.1) is 0 Å². The minimum absolute atomic E-state index is 0.359. The van der Waals surface area contributed by atoms with Crippen LogP contribution in [0.3, 0.4) is 0 Å². The van der Waals surface area contributed by atoms with Crippen LogP contribution < -0.4 is 0 Å². The number of amides is 1. The number of nitrogens with zero attached hydrogens (tertiary/aromatic N) is 3. The average Bonchev–Trinajstić information content (AvgIpc) is 2.31. The minimum atomic E-state index is -1.28. The summed E-state index contributed by atoms with van der Waals surface area (Å²) in [4.78, 5) is 12.5. The van der Waals surface area contributed by atoms with Crippen molar-refractivity contribution in [1.29, 1.82) is 10.5 Å². The van der Waals surface area contributed by atoms with Gasteiger partial charge in [-0.25, -0.2) is 8.78 Å². The molecule has 0 aliphatic heterocycles. The van der Waals surface area contributed by atoms with Crippen molar-refractivity contribution >= 4 is 5.91 Å². The summed E-state index contributed by atoms with van der Waals surface area (Å²) in [7, 11) is 0. The Morgan fingerprint density at radius 1 is 1.24 bits per heavy atom. The van der Waals surface area contributed by atoms with Gasteiger partial charge in [0.1, 0.15) is 13.1 Å². The molecule has 0 aliphatic rings. The van der Waals surface area contributed by atoms with Crippen LogP contribution in [0.25, 0.3) is 0 Å². The maximum atomic E-state index is 13.3. The van der Waals surface area contributed by atoms with Crippen LogP contribution in [-0.4, -0.2) is 23.9 Å². The molecule has 0 heterocycles. The van der Waals surface area contributed by atoms with E-state index in [0.717, 1.165) is 17.0 Å². The Labute approximate surface area is 96.3 Å². The molecule has 0 N–H and O–H groups in total. The molecule has 0 saturated heterocycles. The Morgan fingerprint density at radius 3 is 2.35 bits per heavy atom. The van der Waals surface area contributed by atoms with Crippen molar-refractivity contribution < 1.29 is 13.6 Å². The van der Waals surface area contributed by atoms with E-state index >= 15 is 0 Å². The molecule has 0 aliphatic carbocycles. The Hall–Kier alpha value is -2.47. The number of benzene rings is 1. The fourth-order valence-corrected chi connectivity index (χ4v) is 1.21. The minimum Gasteiger partial charge on any atom is -0.312 e. The summed E-state index contributed by atoms with van der Waals surface area (Å²) in [6, 6.07) is 6.51. The number of hydrogen-bond acceptors (Lipinski definition) is 3. The largest absolute Gasteiger partial charge is 0.312 e. The van der Waals surface area contributed by atoms with E-state index in [1.54, 1.807) is 12.1 Å². The smallest absolute Gasteiger partial charge is 0.258 e. The summed E-state index contributed by atoms with van der Waals surface area (Å²) in [5, 5.41) is 16.9. The molecular weight excluding hydrogens is 228 g/mol. The first-order chi connectivity index (χ1) is 8.11. The van der Waals surface area contributed by atoms with Gasteiger partial charge in [-0.1, -0.05) is 6.07 Å². The van der Waals surface area contributed by atoms with Gasteiger partial charge in [0.25, 0.3) is 5.91 Å². The number of carbonyl (C=O) groups is 1. The Morgan fingerprint density at radius 2 is 1.82 bits per heavy atom. The topological polar surface area (TPSA) is 67.9 Å². The van der Waals surface area contributed by atoms with Crippen LogP contribution >= 0.6 is 0 Å². The Kier molecular flexibility index (Phi) is 4.13. The first-order valence-corrected chi connectivity index (χ1v) is 4.59. The van der Waals surface area contributed by atoms with E-state index < -0.39 is 23.1 Å². The fourth-order valence-electron chi connectivity index (χ4n) is 1.21. The third-order valence-corrected chi connectivity index (χ3v) is 1.99. The normalized spacial score (nSPS) is 9.18. The fraction of sp³-hybridized carbons (Fsp3) is 0.182. The number of carbonyl (C=O) groups excluding carboxylic acids is 1. The summed E-state index contributed by atoms with van der Waals surface area (Å²) in [6.07, 6.45) is 0. The van der Waals surface area contributed by atoms with Crippen LogP contribution in [0.5, 0.6) is 0 Å². The lowest BCUT2D eigenvalue weighted by Gasteiger charge is -2.16. The van der Waals surface area contributed by atoms with Crippen molar-refractivity contribution in [3.63, 3.8) is 0 Å². The van der Waals surface area contributed by atoms with Crippen molar-refractivity contribution in [2.24, 2.45) is 0 Å². The zero-order valence-electron chi connectivity index (χ0n) is 8.65. The first-order valence-electron chi connectivity index (χ1n) is 4.59. The molecule has 0 bridgehead atoms. The zero-order chi connectivity index (χ0) is 12.8. The quantitative estimate of drug-likeness (QED) is 0.744. The van der Waals surface area contributed by atoms with Crippen molar-refractivity contribution in [2.75, 3.05) is 13.1 Å². The van der Waals surface area contributed by atoms with Gasteiger partial charge >= 0.3 is 0 Å². The van der Waals surface area contributed by atoms with Crippen LogP contribution in [0.2, 0.25) is 0 Å². The number of hydrogen-bond donors (Lipinski definition) is 0. The Bertz CT molecular complexity index is 500. The molecule has 6 heteroatoms. The molecule has 86 valence electrons. The molecule has 1 aromatic rings. The maximum Gasteiger partial charge on any atom is 0.258 e. The van der Waals surface area contributed by atoms with Crippen LogP contribution in [0.15, 0.2) is 18.2 Å². The average molecular weight is 235 g/mol. The summed E-state index contributed by atoms with van der Waals surface area (Å²) >= 11 is 0. The van der Waals surface area contributed by atoms with E-state index in [2.05, 4.69) is 0 Å². The number of rotatable bonds is 3. The molecule has 1 amide bonds. The van der Waals surface area contributed by atoms with E-state index in [-0.39, 0.29) is 13.1 Å². The van der Waals surface area contributed by atoms with Crippen LogP contribution in [0, 0.1) is 34.3 Å². The van der Waals surface area contributed by atoms with Crippen molar-refractivity contribution in [2.45, 2.75) is 0 Å². The molecular formula is C11H7F2N3O. The Balaban J connectivity index is 3.07. The molecule has 0 saturated carbocycles. The summed E-state index contributed by atoms with van der Waals surface area (Å²) in [5.41, 5.74) is -0.490. The molecule has 1 rings (SSSR count). The zero-order valence-corrected chi connectivity index (χ0v) is 8.65. The third-order valence-electron chi connectivity index (χ3n) is 1.99. The third kappa shape index (κ3) is 2.76. The predicted octanol–water partition coefficient (Wildman–Crippen LogP) is 1.45. The van der Waals surface area contributed by atoms with Gasteiger partial charge in [0, 0.05) is 0 Å². The molecule has 1 aromatic carbocycles. The predicted molar refractivity (Wildman–Crippen MR) is 53.5 cm³/mol. The molecule has 0 spiro atoms. The van der Waals surface area contributed by atoms with Gasteiger partial charge in [-0.2, -0.15) is 10.5 Å². The van der Waals surface area contributed by atoms with Gasteiger partial charge in [0.2, 0.25) is 0 Å². The highest BCUT2D eigenvalue weighted by Crippen LogP contribution is 2.13. The second kappa shape index (κ2) is 5.57. The van der Waals surface area contributed by atoms with E-state index in [4.69, 9.17) is 10.5 Å². The highest BCUT2D eigenvalue weighted by atomic mass is 19.2. The van der Waals surface area contributed by atoms with Crippen LogP contribution in [0.1, 0.15) is 10.4 Å². The lowest BCUT2D eigenvalue weighted by Crippen LogP contribution is -2.32. The molecule has 0 radical (unpaired) electrons. The molecule has 4 nitrogen and oxygen atoms in total. The van der Waals surface area contributed by atoms with Gasteiger partial charge in [-0.05, 0) is 12.1 Å². The second-order valence-corrected chi connectivity index (χ2v) is 3.08. The lowest BCUT2D eigenvalue weighted by molar-refractivity contribution is 0.0789. The van der Waals surface area contributed by atoms with Crippen molar-refractivity contribution in [1.82, 2.24) is 4.90 Å². The van der Waals surface area contributed by atoms with Crippen LogP contribution in [-0.2, 0) is 0 Å². The SMILES string of the molecule is N#CCN(CC#N)C(=O)c1cccc(F)c1F. The van der Waals surface area contributed by atoms with E-state index in [1.807, 2.05) is 0 Å². The van der Waals surface area contributed by atoms with E-state index in [9.17, 15) is 13.6 Å². The van der Waals surface area contributed by atoms with Gasteiger partial charge in [0.15, 0.2) is 11.6 Å². The number of nitriles is 2. The standard InChI is InChI=1S/C11H7F2N3O/c12-9-3-1-2-8(10(9)13)11(17)16(6-4-14)7-5-15/h1-3H,6-7H2. The second-order valence-electron chi connectivity index (χ2n) is 3.08. The highest BCUT2D eigenvalue weighted by molar-refractivity contribution is 5.94. The molecule has 0 fully saturated rings. The summed E-state index contributed by atoms with van der Waals surface area (Å²) in [6.45, 7) is -0.718. The molecule has 0 unspecified atom stereocenters. The lowest BCUT2D eigenvalue weighted by atomic mass is 10.1. The summed E-state index contributed by atoms with van der Waals surface area (Å²) in [5.74, 6) is -3.31. The van der Waals surface area contributed by atoms with E-state index in [1.165, 1.54) is 6.07 Å². The highest BCUT2D eigenvalue weighted by Gasteiger charge is 2.20. The number of halogens is 2. The van der Waals surface area contributed by atoms with Gasteiger partial charge in [-0.3, -0.25) is 4.79 Å². The monoisotopic (exact) mass is 235 g/mol. The molecule has 0 atom stereocenters. The molecule has 17 heavy (non-hydrogen) atoms. The first kappa shape index (κ1) is 12.6. The maximum absolute atomic E-state index is 13.3. The van der Waals surface area contributed by atoms with Crippen molar-refractivity contribution in [3.05, 3.63) is 35.4 Å². The van der Waals surface area contributed by atoms with Crippen LogP contribution in [0.4, 0.5) is 8.78 Å². The van der Waals surface area contributed by atoms with Gasteiger partial charge < -0.3 is 4.90 Å².